The van der Waals surface area contributed by atoms with E-state index >= 15 is 0 Å². The second kappa shape index (κ2) is 5.48. The van der Waals surface area contributed by atoms with Crippen LogP contribution in [0.5, 0.6) is 0 Å². The zero-order chi connectivity index (χ0) is 15.0. The van der Waals surface area contributed by atoms with Gasteiger partial charge in [-0.25, -0.2) is 0 Å². The highest BCUT2D eigenvalue weighted by Gasteiger charge is 2.55. The number of nitrogens with one attached hydrogen (secondary N) is 1. The molecule has 3 rings (SSSR count). The predicted octanol–water partition coefficient (Wildman–Crippen LogP) is 2.07. The van der Waals surface area contributed by atoms with Crippen LogP contribution in [-0.4, -0.2) is 29.2 Å². The number of benzene rings is 1. The van der Waals surface area contributed by atoms with E-state index in [0.717, 1.165) is 19.3 Å². The van der Waals surface area contributed by atoms with Crippen LogP contribution >= 0.6 is 0 Å². The fraction of sp³-hybridized carbons (Fsp3) is 0.500. The Balaban J connectivity index is 1.73. The number of aryl methyl sites for hydroxylation is 1. The van der Waals surface area contributed by atoms with Crippen molar-refractivity contribution < 1.29 is 19.4 Å². The van der Waals surface area contributed by atoms with Crippen LogP contribution in [0.25, 0.3) is 0 Å². The van der Waals surface area contributed by atoms with Gasteiger partial charge < -0.3 is 15.2 Å². The maximum atomic E-state index is 12.4. The monoisotopic (exact) mass is 289 g/mol. The van der Waals surface area contributed by atoms with Crippen LogP contribution in [-0.2, 0) is 20.7 Å². The summed E-state index contributed by atoms with van der Waals surface area (Å²) in [5, 5.41) is 12.2. The van der Waals surface area contributed by atoms with Gasteiger partial charge in [0.2, 0.25) is 5.91 Å². The minimum atomic E-state index is -0.941. The van der Waals surface area contributed by atoms with Gasteiger partial charge in [-0.1, -0.05) is 19.1 Å². The molecule has 0 saturated carbocycles. The second-order valence-corrected chi connectivity index (χ2v) is 5.72. The summed E-state index contributed by atoms with van der Waals surface area (Å²) in [5.74, 6) is -2.51. The van der Waals surface area contributed by atoms with Gasteiger partial charge in [0.05, 0.1) is 24.0 Å². The Hall–Kier alpha value is -1.88. The van der Waals surface area contributed by atoms with Crippen LogP contribution in [0.2, 0.25) is 0 Å². The number of carbonyl (C=O) groups is 2. The SMILES string of the molecule is CCc1ccc(NC(=O)[C@H]2[C@@H](C(=O)O)[C@@H]3CC[C@H]2O3)cc1. The number of ether oxygens (including phenoxy) is 1. The van der Waals surface area contributed by atoms with Crippen molar-refractivity contribution in [2.24, 2.45) is 11.8 Å². The molecule has 21 heavy (non-hydrogen) atoms. The summed E-state index contributed by atoms with van der Waals surface area (Å²) >= 11 is 0. The Morgan fingerprint density at radius 2 is 1.81 bits per heavy atom. The fourth-order valence-electron chi connectivity index (χ4n) is 3.37. The number of hydrogen-bond donors (Lipinski definition) is 2. The fourth-order valence-corrected chi connectivity index (χ4v) is 3.37. The molecule has 0 radical (unpaired) electrons. The predicted molar refractivity (Wildman–Crippen MR) is 77.0 cm³/mol. The Morgan fingerprint density at radius 3 is 2.38 bits per heavy atom. The molecule has 0 aromatic heterocycles. The van der Waals surface area contributed by atoms with Crippen molar-refractivity contribution in [1.82, 2.24) is 0 Å². The Morgan fingerprint density at radius 1 is 1.19 bits per heavy atom. The molecule has 112 valence electrons. The number of fused-ring (bicyclic) bond motifs is 2. The van der Waals surface area contributed by atoms with Gasteiger partial charge in [0.1, 0.15) is 0 Å². The number of rotatable bonds is 4. The minimum Gasteiger partial charge on any atom is -0.481 e. The van der Waals surface area contributed by atoms with Crippen molar-refractivity contribution in [2.45, 2.75) is 38.4 Å². The molecule has 4 atom stereocenters. The molecule has 1 aromatic carbocycles. The smallest absolute Gasteiger partial charge is 0.310 e. The Kier molecular flexibility index (Phi) is 3.68. The van der Waals surface area contributed by atoms with Gasteiger partial charge >= 0.3 is 5.97 Å². The summed E-state index contributed by atoms with van der Waals surface area (Å²) in [4.78, 5) is 23.8. The van der Waals surface area contributed by atoms with E-state index < -0.39 is 17.8 Å². The van der Waals surface area contributed by atoms with Gasteiger partial charge in [0, 0.05) is 5.69 Å². The van der Waals surface area contributed by atoms with Crippen molar-refractivity contribution in [3.63, 3.8) is 0 Å². The summed E-state index contributed by atoms with van der Waals surface area (Å²) in [7, 11) is 0. The largest absolute Gasteiger partial charge is 0.481 e. The maximum absolute atomic E-state index is 12.4. The normalized spacial score (nSPS) is 30.3. The lowest BCUT2D eigenvalue weighted by atomic mass is 9.78. The molecule has 0 unspecified atom stereocenters. The lowest BCUT2D eigenvalue weighted by Crippen LogP contribution is -2.40. The number of amides is 1. The first-order chi connectivity index (χ1) is 10.1. The topological polar surface area (TPSA) is 75.6 Å². The molecule has 2 heterocycles. The van der Waals surface area contributed by atoms with Crippen LogP contribution < -0.4 is 5.32 Å². The first kappa shape index (κ1) is 14.1. The molecule has 2 aliphatic rings. The summed E-state index contributed by atoms with van der Waals surface area (Å²) in [6.45, 7) is 2.07. The van der Waals surface area contributed by atoms with Crippen molar-refractivity contribution >= 4 is 17.6 Å². The summed E-state index contributed by atoms with van der Waals surface area (Å²) in [5.41, 5.74) is 1.89. The third-order valence-corrected chi connectivity index (χ3v) is 4.49. The first-order valence-corrected chi connectivity index (χ1v) is 7.38. The lowest BCUT2D eigenvalue weighted by Gasteiger charge is -2.23. The number of carboxylic acid groups (broad SMARTS) is 1. The quantitative estimate of drug-likeness (QED) is 0.889. The zero-order valence-corrected chi connectivity index (χ0v) is 11.9. The average molecular weight is 289 g/mol. The van der Waals surface area contributed by atoms with Crippen LogP contribution in [0.15, 0.2) is 24.3 Å². The molecule has 2 bridgehead atoms. The highest BCUT2D eigenvalue weighted by Crippen LogP contribution is 2.44. The van der Waals surface area contributed by atoms with Crippen LogP contribution in [0.4, 0.5) is 5.69 Å². The van der Waals surface area contributed by atoms with Gasteiger partial charge in [-0.15, -0.1) is 0 Å². The molecule has 1 amide bonds. The van der Waals surface area contributed by atoms with E-state index in [2.05, 4.69) is 12.2 Å². The Bertz CT molecular complexity index is 554. The van der Waals surface area contributed by atoms with Crippen LogP contribution in [0, 0.1) is 11.8 Å². The standard InChI is InChI=1S/C16H19NO4/c1-2-9-3-5-10(6-4-9)17-15(18)13-11-7-8-12(21-11)14(13)16(19)20/h3-6,11-14H,2,7-8H2,1H3,(H,17,18)(H,19,20)/t11-,12+,13-,14+/m1/s1. The first-order valence-electron chi connectivity index (χ1n) is 7.38. The summed E-state index contributed by atoms with van der Waals surface area (Å²) < 4.78 is 5.61. The third kappa shape index (κ3) is 2.53. The van der Waals surface area contributed by atoms with E-state index in [1.807, 2.05) is 24.3 Å². The molecule has 2 aliphatic heterocycles. The van der Waals surface area contributed by atoms with Gasteiger partial charge in [0.15, 0.2) is 0 Å². The van der Waals surface area contributed by atoms with E-state index in [1.165, 1.54) is 5.56 Å². The van der Waals surface area contributed by atoms with Gasteiger partial charge in [-0.2, -0.15) is 0 Å². The van der Waals surface area contributed by atoms with E-state index in [0.29, 0.717) is 5.69 Å². The number of aliphatic carboxylic acids is 1. The zero-order valence-electron chi connectivity index (χ0n) is 11.9. The van der Waals surface area contributed by atoms with Crippen molar-refractivity contribution in [3.05, 3.63) is 29.8 Å². The summed E-state index contributed by atoms with van der Waals surface area (Å²) in [6.07, 6.45) is 1.87. The molecular formula is C16H19NO4. The number of carboxylic acids is 1. The van der Waals surface area contributed by atoms with E-state index in [4.69, 9.17) is 4.74 Å². The van der Waals surface area contributed by atoms with Gasteiger partial charge in [-0.3, -0.25) is 9.59 Å². The van der Waals surface area contributed by atoms with Crippen molar-refractivity contribution in [3.8, 4) is 0 Å². The molecule has 5 heteroatoms. The molecule has 2 fully saturated rings. The highest BCUT2D eigenvalue weighted by molar-refractivity contribution is 5.96. The number of carbonyl (C=O) groups excluding carboxylic acids is 1. The summed E-state index contributed by atoms with van der Waals surface area (Å²) in [6, 6.07) is 7.62. The van der Waals surface area contributed by atoms with Crippen molar-refractivity contribution in [2.75, 3.05) is 5.32 Å². The van der Waals surface area contributed by atoms with E-state index in [1.54, 1.807) is 0 Å². The maximum Gasteiger partial charge on any atom is 0.310 e. The molecule has 2 saturated heterocycles. The number of anilines is 1. The van der Waals surface area contributed by atoms with E-state index in [9.17, 15) is 14.7 Å². The minimum absolute atomic E-state index is 0.251. The van der Waals surface area contributed by atoms with Crippen LogP contribution in [0.1, 0.15) is 25.3 Å². The molecule has 5 nitrogen and oxygen atoms in total. The van der Waals surface area contributed by atoms with Gasteiger partial charge in [0.25, 0.3) is 0 Å². The second-order valence-electron chi connectivity index (χ2n) is 5.72. The third-order valence-electron chi connectivity index (χ3n) is 4.49. The number of hydrogen-bond acceptors (Lipinski definition) is 3. The molecule has 0 spiro atoms. The Labute approximate surface area is 123 Å². The lowest BCUT2D eigenvalue weighted by molar-refractivity contribution is -0.147. The molecule has 1 aromatic rings. The van der Waals surface area contributed by atoms with E-state index in [-0.39, 0.29) is 18.1 Å². The molecule has 2 N–H and O–H groups in total. The molecule has 0 aliphatic carbocycles. The molecular weight excluding hydrogens is 270 g/mol. The highest BCUT2D eigenvalue weighted by atomic mass is 16.5. The van der Waals surface area contributed by atoms with Crippen molar-refractivity contribution in [1.29, 1.82) is 0 Å². The average Bonchev–Trinajstić information content (AvgIpc) is 3.08. The van der Waals surface area contributed by atoms with Gasteiger partial charge in [-0.05, 0) is 37.0 Å². The van der Waals surface area contributed by atoms with Crippen LogP contribution in [0.3, 0.4) is 0 Å².